The minimum absolute atomic E-state index is 0.112. The monoisotopic (exact) mass is 457 g/mol. The highest BCUT2D eigenvalue weighted by molar-refractivity contribution is 6.21. The van der Waals surface area contributed by atoms with Crippen LogP contribution in [-0.4, -0.2) is 72.2 Å². The van der Waals surface area contributed by atoms with Crippen LogP contribution < -0.4 is 20.9 Å². The summed E-state index contributed by atoms with van der Waals surface area (Å²) in [4.78, 5) is 38.6. The summed E-state index contributed by atoms with van der Waals surface area (Å²) in [6, 6.07) is 7.91. The van der Waals surface area contributed by atoms with Crippen LogP contribution in [0.25, 0.3) is 0 Å². The largest absolute Gasteiger partial charge is 0.389 e. The highest BCUT2D eigenvalue weighted by Crippen LogP contribution is 2.31. The third-order valence-electron chi connectivity index (χ3n) is 6.10. The number of fused-ring (bicyclic) bond motifs is 2. The summed E-state index contributed by atoms with van der Waals surface area (Å²) in [5, 5.41) is 18.5. The Labute approximate surface area is 187 Å². The molecule has 2 aromatic carbocycles. The summed E-state index contributed by atoms with van der Waals surface area (Å²) in [6.07, 6.45) is -1.15. The van der Waals surface area contributed by atoms with Gasteiger partial charge < -0.3 is 26.0 Å². The van der Waals surface area contributed by atoms with Crippen LogP contribution in [0.1, 0.15) is 20.7 Å². The minimum Gasteiger partial charge on any atom is -0.389 e. The standard InChI is InChI=1S/C22H21F2N5O4/c23-15-5-11(6-16(24)19(15)28-9-17-18(10-28)27-22(33)26-17)25-7-12(30)8-29-20(31)13-3-1-2-4-14(13)21(29)32/h1-6,12,17-18,25,30H,7-10H2,(H2,26,27,33). The molecule has 4 N–H and O–H groups in total. The number of aliphatic hydroxyl groups is 1. The van der Waals surface area contributed by atoms with Crippen molar-refractivity contribution in [3.8, 4) is 0 Å². The van der Waals surface area contributed by atoms with Crippen LogP contribution in [0.15, 0.2) is 36.4 Å². The molecular weight excluding hydrogens is 436 g/mol. The van der Waals surface area contributed by atoms with Gasteiger partial charge in [-0.15, -0.1) is 0 Å². The Morgan fingerprint density at radius 1 is 1.00 bits per heavy atom. The van der Waals surface area contributed by atoms with Crippen molar-refractivity contribution in [2.24, 2.45) is 0 Å². The van der Waals surface area contributed by atoms with Crippen molar-refractivity contribution in [2.75, 3.05) is 36.4 Å². The first kappa shape index (κ1) is 21.1. The normalized spacial score (nSPS) is 22.2. The molecule has 0 radical (unpaired) electrons. The first-order valence-electron chi connectivity index (χ1n) is 10.5. The average molecular weight is 457 g/mol. The number of nitrogens with one attached hydrogen (secondary N) is 3. The van der Waals surface area contributed by atoms with E-state index in [4.69, 9.17) is 0 Å². The molecule has 3 aliphatic heterocycles. The second kappa shape index (κ2) is 8.00. The maximum atomic E-state index is 14.7. The maximum absolute atomic E-state index is 14.7. The number of nitrogens with zero attached hydrogens (tertiary/aromatic N) is 2. The summed E-state index contributed by atoms with van der Waals surface area (Å²) in [5.74, 6) is -2.54. The van der Waals surface area contributed by atoms with Gasteiger partial charge in [-0.3, -0.25) is 14.5 Å². The van der Waals surface area contributed by atoms with Crippen molar-refractivity contribution >= 4 is 29.2 Å². The smallest absolute Gasteiger partial charge is 0.315 e. The van der Waals surface area contributed by atoms with E-state index in [1.54, 1.807) is 24.3 Å². The van der Waals surface area contributed by atoms with E-state index in [0.29, 0.717) is 0 Å². The van der Waals surface area contributed by atoms with E-state index in [1.165, 1.54) is 4.90 Å². The van der Waals surface area contributed by atoms with E-state index in [-0.39, 0.29) is 66.8 Å². The Kier molecular flexibility index (Phi) is 5.12. The molecule has 2 fully saturated rings. The van der Waals surface area contributed by atoms with Crippen LogP contribution in [-0.2, 0) is 0 Å². The minimum atomic E-state index is -1.15. The van der Waals surface area contributed by atoms with Crippen molar-refractivity contribution in [1.82, 2.24) is 15.5 Å². The molecule has 11 heteroatoms. The number of carbonyl (C=O) groups excluding carboxylic acids is 3. The third kappa shape index (κ3) is 3.74. The maximum Gasteiger partial charge on any atom is 0.315 e. The number of amides is 4. The van der Waals surface area contributed by atoms with Crippen LogP contribution in [0.2, 0.25) is 0 Å². The molecule has 172 valence electrons. The predicted octanol–water partition coefficient (Wildman–Crippen LogP) is 0.904. The van der Waals surface area contributed by atoms with Crippen molar-refractivity contribution in [3.05, 3.63) is 59.2 Å². The number of benzene rings is 2. The van der Waals surface area contributed by atoms with Crippen LogP contribution in [0.3, 0.4) is 0 Å². The van der Waals surface area contributed by atoms with Gasteiger partial charge in [0.25, 0.3) is 11.8 Å². The number of anilines is 2. The number of carbonyl (C=O) groups is 3. The zero-order valence-corrected chi connectivity index (χ0v) is 17.3. The molecule has 0 spiro atoms. The number of β-amino-alcohol motifs (C(OH)–C–C–N with tert-alkyl or cyclic N) is 1. The number of aliphatic hydroxyl groups excluding tert-OH is 1. The van der Waals surface area contributed by atoms with E-state index < -0.39 is 29.6 Å². The van der Waals surface area contributed by atoms with Gasteiger partial charge in [-0.1, -0.05) is 12.1 Å². The van der Waals surface area contributed by atoms with Crippen LogP contribution in [0, 0.1) is 11.6 Å². The molecule has 0 aliphatic carbocycles. The fraction of sp³-hybridized carbons (Fsp3) is 0.318. The Morgan fingerprint density at radius 2 is 1.55 bits per heavy atom. The number of imide groups is 1. The summed E-state index contributed by atoms with van der Waals surface area (Å²) < 4.78 is 29.5. The van der Waals surface area contributed by atoms with Crippen molar-refractivity contribution in [3.63, 3.8) is 0 Å². The van der Waals surface area contributed by atoms with Gasteiger partial charge in [0, 0.05) is 25.3 Å². The third-order valence-corrected chi connectivity index (χ3v) is 6.10. The zero-order chi connectivity index (χ0) is 23.3. The van der Waals surface area contributed by atoms with Crippen LogP contribution >= 0.6 is 0 Å². The first-order chi connectivity index (χ1) is 15.8. The fourth-order valence-corrected chi connectivity index (χ4v) is 4.54. The molecule has 3 unspecified atom stereocenters. The summed E-state index contributed by atoms with van der Waals surface area (Å²) in [5.41, 5.74) is 0.491. The molecule has 2 saturated heterocycles. The fourth-order valence-electron chi connectivity index (χ4n) is 4.54. The molecule has 0 aromatic heterocycles. The quantitative estimate of drug-likeness (QED) is 0.480. The lowest BCUT2D eigenvalue weighted by atomic mass is 10.1. The molecule has 3 aliphatic rings. The first-order valence-corrected chi connectivity index (χ1v) is 10.5. The van der Waals surface area contributed by atoms with Crippen molar-refractivity contribution < 1.29 is 28.3 Å². The number of halogens is 2. The van der Waals surface area contributed by atoms with Crippen molar-refractivity contribution in [2.45, 2.75) is 18.2 Å². The topological polar surface area (TPSA) is 114 Å². The van der Waals surface area contributed by atoms with Crippen LogP contribution in [0.5, 0.6) is 0 Å². The lowest BCUT2D eigenvalue weighted by Crippen LogP contribution is -2.39. The molecule has 33 heavy (non-hydrogen) atoms. The lowest BCUT2D eigenvalue weighted by molar-refractivity contribution is 0.0557. The summed E-state index contributed by atoms with van der Waals surface area (Å²) in [6.45, 7) is 0.180. The molecule has 0 bridgehead atoms. The van der Waals surface area contributed by atoms with Gasteiger partial charge in [0.05, 0.1) is 35.9 Å². The number of urea groups is 1. The molecule has 0 saturated carbocycles. The Balaban J connectivity index is 1.21. The van der Waals surface area contributed by atoms with Gasteiger partial charge in [0.1, 0.15) is 5.69 Å². The highest BCUT2D eigenvalue weighted by Gasteiger charge is 2.41. The Morgan fingerprint density at radius 3 is 2.09 bits per heavy atom. The van der Waals surface area contributed by atoms with Gasteiger partial charge in [-0.25, -0.2) is 13.6 Å². The molecular formula is C22H21F2N5O4. The van der Waals surface area contributed by atoms with E-state index in [2.05, 4.69) is 16.0 Å². The SMILES string of the molecule is O=C1NC2CN(c3c(F)cc(NCC(O)CN4C(=O)c5ccccc5C4=O)cc3F)CC2N1. The molecule has 3 atom stereocenters. The predicted molar refractivity (Wildman–Crippen MR) is 114 cm³/mol. The lowest BCUT2D eigenvalue weighted by Gasteiger charge is -2.22. The summed E-state index contributed by atoms with van der Waals surface area (Å²) in [7, 11) is 0. The Bertz CT molecular complexity index is 1090. The van der Waals surface area contributed by atoms with Crippen molar-refractivity contribution in [1.29, 1.82) is 0 Å². The second-order valence-corrected chi connectivity index (χ2v) is 8.33. The van der Waals surface area contributed by atoms with Gasteiger partial charge in [-0.2, -0.15) is 0 Å². The highest BCUT2D eigenvalue weighted by atomic mass is 19.1. The van der Waals surface area contributed by atoms with Gasteiger partial charge in [-0.05, 0) is 24.3 Å². The van der Waals surface area contributed by atoms with Gasteiger partial charge in [0.2, 0.25) is 0 Å². The van der Waals surface area contributed by atoms with E-state index in [9.17, 15) is 28.3 Å². The van der Waals surface area contributed by atoms with E-state index in [0.717, 1.165) is 17.0 Å². The average Bonchev–Trinajstić information content (AvgIpc) is 3.38. The second-order valence-electron chi connectivity index (χ2n) is 8.33. The molecule has 4 amide bonds. The molecule has 5 rings (SSSR count). The van der Waals surface area contributed by atoms with E-state index >= 15 is 0 Å². The molecule has 3 heterocycles. The van der Waals surface area contributed by atoms with Gasteiger partial charge in [0.15, 0.2) is 11.6 Å². The van der Waals surface area contributed by atoms with Crippen LogP contribution in [0.4, 0.5) is 25.0 Å². The number of hydrogen-bond acceptors (Lipinski definition) is 6. The number of hydrogen-bond donors (Lipinski definition) is 4. The summed E-state index contributed by atoms with van der Waals surface area (Å²) >= 11 is 0. The van der Waals surface area contributed by atoms with Gasteiger partial charge >= 0.3 is 6.03 Å². The number of rotatable bonds is 6. The Hall–Kier alpha value is -3.73. The van der Waals surface area contributed by atoms with E-state index in [1.807, 2.05) is 0 Å². The molecule has 2 aromatic rings. The zero-order valence-electron chi connectivity index (χ0n) is 17.3. The molecule has 9 nitrogen and oxygen atoms in total.